The molecule has 0 radical (unpaired) electrons. The molecule has 1 saturated carbocycles. The van der Waals surface area contributed by atoms with Gasteiger partial charge in [0.2, 0.25) is 5.28 Å². The first-order valence-corrected chi connectivity index (χ1v) is 6.19. The van der Waals surface area contributed by atoms with Crippen LogP contribution in [0.5, 0.6) is 0 Å². The van der Waals surface area contributed by atoms with E-state index >= 15 is 0 Å². The fraction of sp³-hybridized carbons (Fsp3) is 0.545. The van der Waals surface area contributed by atoms with E-state index in [0.29, 0.717) is 17.7 Å². The molecule has 0 spiro atoms. The summed E-state index contributed by atoms with van der Waals surface area (Å²) in [7, 11) is 0. The Hall–Kier alpha value is -1.36. The number of nitrogens with zero attached hydrogens (tertiary/aromatic N) is 4. The summed E-state index contributed by atoms with van der Waals surface area (Å²) in [6, 6.07) is 0.851. The van der Waals surface area contributed by atoms with Gasteiger partial charge in [-0.05, 0) is 38.3 Å². The minimum atomic E-state index is 0.245. The van der Waals surface area contributed by atoms with Crippen LogP contribution in [0.2, 0.25) is 5.28 Å². The van der Waals surface area contributed by atoms with Gasteiger partial charge in [0.1, 0.15) is 5.52 Å². The van der Waals surface area contributed by atoms with E-state index in [1.165, 1.54) is 12.8 Å². The molecule has 2 aromatic heterocycles. The van der Waals surface area contributed by atoms with E-state index in [-0.39, 0.29) is 5.28 Å². The molecule has 0 saturated heterocycles. The average Bonchev–Trinajstić information content (AvgIpc) is 2.94. The predicted octanol–water partition coefficient (Wildman–Crippen LogP) is 2.63. The molecule has 1 N–H and O–H groups in total. The molecular formula is C11H14ClN5. The largest absolute Gasteiger partial charge is 0.365 e. The van der Waals surface area contributed by atoms with E-state index in [1.54, 1.807) is 6.33 Å². The molecular weight excluding hydrogens is 238 g/mol. The van der Waals surface area contributed by atoms with Gasteiger partial charge in [0.15, 0.2) is 11.5 Å². The normalized spacial score (nSPS) is 15.8. The van der Waals surface area contributed by atoms with Crippen LogP contribution in [0.15, 0.2) is 6.33 Å². The van der Waals surface area contributed by atoms with Crippen LogP contribution in [0.25, 0.3) is 11.2 Å². The molecule has 0 unspecified atom stereocenters. The third kappa shape index (κ3) is 1.95. The van der Waals surface area contributed by atoms with Gasteiger partial charge in [-0.15, -0.1) is 0 Å². The summed E-state index contributed by atoms with van der Waals surface area (Å²) in [6.07, 6.45) is 4.18. The summed E-state index contributed by atoms with van der Waals surface area (Å²) in [6.45, 7) is 4.22. The van der Waals surface area contributed by atoms with Crippen LogP contribution >= 0.6 is 11.6 Å². The van der Waals surface area contributed by atoms with E-state index < -0.39 is 0 Å². The first kappa shape index (κ1) is 10.8. The maximum absolute atomic E-state index is 5.91. The predicted molar refractivity (Wildman–Crippen MR) is 67.4 cm³/mol. The summed E-state index contributed by atoms with van der Waals surface area (Å²) in [5.74, 6) is 0.800. The summed E-state index contributed by atoms with van der Waals surface area (Å²) in [5, 5.41) is 3.63. The molecule has 2 heterocycles. The van der Waals surface area contributed by atoms with Crippen LogP contribution in [0.3, 0.4) is 0 Å². The average molecular weight is 252 g/mol. The van der Waals surface area contributed by atoms with Crippen molar-refractivity contribution in [3.63, 3.8) is 0 Å². The molecule has 1 aliphatic rings. The Morgan fingerprint density at radius 1 is 1.41 bits per heavy atom. The molecule has 0 atom stereocenters. The third-order valence-electron chi connectivity index (χ3n) is 2.88. The summed E-state index contributed by atoms with van der Waals surface area (Å²) < 4.78 is 2.07. The second-order valence-corrected chi connectivity index (χ2v) is 5.02. The van der Waals surface area contributed by atoms with Crippen molar-refractivity contribution in [3.05, 3.63) is 11.6 Å². The lowest BCUT2D eigenvalue weighted by atomic mass is 10.3. The van der Waals surface area contributed by atoms with Crippen LogP contribution in [-0.2, 0) is 0 Å². The van der Waals surface area contributed by atoms with E-state index in [0.717, 1.165) is 11.3 Å². The molecule has 0 amide bonds. The van der Waals surface area contributed by atoms with Gasteiger partial charge in [0, 0.05) is 12.1 Å². The number of fused-ring (bicyclic) bond motifs is 1. The number of halogens is 1. The number of hydrogen-bond donors (Lipinski definition) is 1. The van der Waals surface area contributed by atoms with Gasteiger partial charge in [-0.3, -0.25) is 0 Å². The fourth-order valence-corrected chi connectivity index (χ4v) is 2.00. The van der Waals surface area contributed by atoms with Crippen molar-refractivity contribution in [1.29, 1.82) is 0 Å². The second-order valence-electron chi connectivity index (χ2n) is 4.68. The summed E-state index contributed by atoms with van der Waals surface area (Å²) >= 11 is 5.91. The van der Waals surface area contributed by atoms with Crippen molar-refractivity contribution in [1.82, 2.24) is 19.5 Å². The molecule has 90 valence electrons. The highest BCUT2D eigenvalue weighted by atomic mass is 35.5. The summed E-state index contributed by atoms with van der Waals surface area (Å²) in [5.41, 5.74) is 1.60. The Kier molecular flexibility index (Phi) is 2.43. The Morgan fingerprint density at radius 2 is 2.18 bits per heavy atom. The molecule has 0 aliphatic heterocycles. The Bertz CT molecular complexity index is 558. The maximum Gasteiger partial charge on any atom is 0.226 e. The number of nitrogens with one attached hydrogen (secondary N) is 1. The molecule has 0 aromatic carbocycles. The summed E-state index contributed by atoms with van der Waals surface area (Å²) in [4.78, 5) is 12.7. The molecule has 1 aliphatic carbocycles. The van der Waals surface area contributed by atoms with Gasteiger partial charge in [0.25, 0.3) is 0 Å². The van der Waals surface area contributed by atoms with Crippen LogP contribution < -0.4 is 5.32 Å². The first-order chi connectivity index (χ1) is 8.15. The van der Waals surface area contributed by atoms with Gasteiger partial charge in [0.05, 0.1) is 6.33 Å². The highest BCUT2D eigenvalue weighted by molar-refractivity contribution is 6.28. The first-order valence-electron chi connectivity index (χ1n) is 5.82. The number of imidazole rings is 1. The second kappa shape index (κ2) is 3.84. The Balaban J connectivity index is 2.17. The van der Waals surface area contributed by atoms with Crippen molar-refractivity contribution in [2.75, 3.05) is 5.32 Å². The lowest BCUT2D eigenvalue weighted by molar-refractivity contribution is 0.617. The SMILES string of the molecule is CC(C)n1cnc2nc(Cl)nc(NC3CC3)c21. The van der Waals surface area contributed by atoms with Crippen molar-refractivity contribution in [3.8, 4) is 0 Å². The monoisotopic (exact) mass is 251 g/mol. The topological polar surface area (TPSA) is 55.6 Å². The zero-order valence-electron chi connectivity index (χ0n) is 9.81. The van der Waals surface area contributed by atoms with E-state index in [1.807, 2.05) is 0 Å². The Labute approximate surface area is 104 Å². The molecule has 3 rings (SSSR count). The lowest BCUT2D eigenvalue weighted by Gasteiger charge is -2.11. The van der Waals surface area contributed by atoms with Crippen molar-refractivity contribution >= 4 is 28.6 Å². The highest BCUT2D eigenvalue weighted by Gasteiger charge is 2.24. The number of aromatic nitrogens is 4. The van der Waals surface area contributed by atoms with Crippen LogP contribution in [0.1, 0.15) is 32.7 Å². The molecule has 2 aromatic rings. The quantitative estimate of drug-likeness (QED) is 0.852. The Morgan fingerprint density at radius 3 is 2.82 bits per heavy atom. The van der Waals surface area contributed by atoms with E-state index in [9.17, 15) is 0 Å². The maximum atomic E-state index is 5.91. The van der Waals surface area contributed by atoms with Gasteiger partial charge < -0.3 is 9.88 Å². The molecule has 0 bridgehead atoms. The molecule has 1 fully saturated rings. The lowest BCUT2D eigenvalue weighted by Crippen LogP contribution is -2.08. The minimum absolute atomic E-state index is 0.245. The standard InChI is InChI=1S/C11H14ClN5/c1-6(2)17-5-13-9-8(17)10(14-7-3-4-7)16-11(12)15-9/h5-7H,3-4H2,1-2H3,(H,14,15,16). The third-order valence-corrected chi connectivity index (χ3v) is 3.04. The van der Waals surface area contributed by atoms with Crippen LogP contribution in [0.4, 0.5) is 5.82 Å². The molecule has 5 nitrogen and oxygen atoms in total. The smallest absolute Gasteiger partial charge is 0.226 e. The number of anilines is 1. The van der Waals surface area contributed by atoms with Gasteiger partial charge in [-0.1, -0.05) is 0 Å². The van der Waals surface area contributed by atoms with Crippen LogP contribution in [-0.4, -0.2) is 25.6 Å². The zero-order chi connectivity index (χ0) is 12.0. The van der Waals surface area contributed by atoms with Crippen LogP contribution in [0, 0.1) is 0 Å². The number of hydrogen-bond acceptors (Lipinski definition) is 4. The van der Waals surface area contributed by atoms with Gasteiger partial charge >= 0.3 is 0 Å². The fourth-order valence-electron chi connectivity index (χ4n) is 1.83. The number of rotatable bonds is 3. The zero-order valence-corrected chi connectivity index (χ0v) is 10.6. The highest BCUT2D eigenvalue weighted by Crippen LogP contribution is 2.29. The van der Waals surface area contributed by atoms with Crippen molar-refractivity contribution < 1.29 is 0 Å². The van der Waals surface area contributed by atoms with E-state index in [2.05, 4.69) is 38.7 Å². The van der Waals surface area contributed by atoms with Gasteiger partial charge in [-0.2, -0.15) is 9.97 Å². The molecule has 6 heteroatoms. The van der Waals surface area contributed by atoms with Crippen molar-refractivity contribution in [2.45, 2.75) is 38.8 Å². The molecule has 17 heavy (non-hydrogen) atoms. The minimum Gasteiger partial charge on any atom is -0.365 e. The van der Waals surface area contributed by atoms with E-state index in [4.69, 9.17) is 11.6 Å². The van der Waals surface area contributed by atoms with Crippen molar-refractivity contribution in [2.24, 2.45) is 0 Å². The van der Waals surface area contributed by atoms with Gasteiger partial charge in [-0.25, -0.2) is 4.98 Å².